The van der Waals surface area contributed by atoms with Crippen LogP contribution in [0.15, 0.2) is 0 Å². The van der Waals surface area contributed by atoms with E-state index in [1.807, 2.05) is 0 Å². The maximum Gasteiger partial charge on any atom is 0.472 e. The summed E-state index contributed by atoms with van der Waals surface area (Å²) >= 11 is 0. The van der Waals surface area contributed by atoms with Gasteiger partial charge >= 0.3 is 115 Å². The Bertz CT molecular complexity index is 1570. The van der Waals surface area contributed by atoms with E-state index in [9.17, 15) is 171 Å². The van der Waals surface area contributed by atoms with Crippen molar-refractivity contribution in [3.8, 4) is 0 Å². The van der Waals surface area contributed by atoms with Crippen molar-refractivity contribution in [2.75, 3.05) is 13.2 Å². The molecule has 0 aliphatic rings. The predicted molar refractivity (Wildman–Crippen MR) is 122 cm³/mol. The normalized spacial score (nSPS) is 17.0. The minimum Gasteiger partial charge on any atom is -0.302 e. The number of hydrogen-bond donors (Lipinski definition) is 1. The SMILES string of the molecule is O=P(O)(OCCC(F)(F)C(F)(F)C(F)(F)C(F)(F)C(F)(F)C(F)(F)C(F)(C(F)(F)F)C(F)(F)F)OCCC(F)(F)C(F)(F)C(F)(F)C(F)(F)C(F)(F)C(F)(F)C(F)(C(F)(F)F)C(F)(F)F. The van der Waals surface area contributed by atoms with E-state index >= 15 is 0 Å². The van der Waals surface area contributed by atoms with Crippen LogP contribution in [0.25, 0.3) is 0 Å². The lowest BCUT2D eigenvalue weighted by Gasteiger charge is -2.45. The van der Waals surface area contributed by atoms with Crippen molar-refractivity contribution in [2.45, 2.75) is 120 Å². The van der Waals surface area contributed by atoms with Gasteiger partial charge in [-0.15, -0.1) is 0 Å². The Morgan fingerprint density at radius 1 is 0.277 bits per heavy atom. The zero-order valence-corrected chi connectivity index (χ0v) is 29.2. The second-order valence-electron chi connectivity index (χ2n) is 12.1. The third-order valence-corrected chi connectivity index (χ3v) is 8.86. The van der Waals surface area contributed by atoms with Gasteiger partial charge in [-0.25, -0.2) is 13.3 Å². The van der Waals surface area contributed by atoms with Crippen LogP contribution in [0.2, 0.25) is 0 Å². The molecule has 0 aromatic rings. The minimum absolute atomic E-state index is 2.96. The number of rotatable bonds is 20. The second kappa shape index (κ2) is 16.3. The summed E-state index contributed by atoms with van der Waals surface area (Å²) in [6.07, 6.45) is -42.3. The molecule has 0 unspecified atom stereocenters. The first-order valence-corrected chi connectivity index (χ1v) is 15.7. The Morgan fingerprint density at radius 2 is 0.431 bits per heavy atom. The van der Waals surface area contributed by atoms with Gasteiger partial charge < -0.3 is 4.89 Å². The summed E-state index contributed by atoms with van der Waals surface area (Å²) in [5.41, 5.74) is -18.3. The molecule has 0 aliphatic heterocycles. The number of alkyl halides is 38. The van der Waals surface area contributed by atoms with Gasteiger partial charge in [0.2, 0.25) is 0 Å². The van der Waals surface area contributed by atoms with Crippen molar-refractivity contribution in [1.82, 2.24) is 0 Å². The van der Waals surface area contributed by atoms with Gasteiger partial charge in [-0.2, -0.15) is 158 Å². The smallest absolute Gasteiger partial charge is 0.302 e. The molecular weight excluding hydrogens is 1080 g/mol. The van der Waals surface area contributed by atoms with Crippen LogP contribution in [0.3, 0.4) is 0 Å². The van der Waals surface area contributed by atoms with Crippen molar-refractivity contribution in [1.29, 1.82) is 0 Å². The molecule has 0 saturated heterocycles. The Labute approximate surface area is 327 Å². The fourth-order valence-electron chi connectivity index (χ4n) is 4.04. The Morgan fingerprint density at radius 3 is 0.600 bits per heavy atom. The molecule has 0 radical (unpaired) electrons. The van der Waals surface area contributed by atoms with Gasteiger partial charge in [0.15, 0.2) is 0 Å². The predicted octanol–water partition coefficient (Wildman–Crippen LogP) is 13.2. The molecule has 0 aliphatic carbocycles. The van der Waals surface area contributed by atoms with E-state index in [1.165, 1.54) is 0 Å². The summed E-state index contributed by atoms with van der Waals surface area (Å²) in [6, 6.07) is 0. The molecule has 1 N–H and O–H groups in total. The maximum absolute atomic E-state index is 13.9. The lowest BCUT2D eigenvalue weighted by Crippen LogP contribution is -2.77. The molecule has 392 valence electrons. The first-order valence-electron chi connectivity index (χ1n) is 14.2. The highest BCUT2D eigenvalue weighted by Gasteiger charge is 3.00. The molecule has 0 spiro atoms. The summed E-state index contributed by atoms with van der Waals surface area (Å²) in [5, 5.41) is 0. The summed E-state index contributed by atoms with van der Waals surface area (Å²) in [5.74, 6) is -108. The van der Waals surface area contributed by atoms with Gasteiger partial charge in [0.05, 0.1) is 13.2 Å². The molecule has 0 amide bonds. The second-order valence-corrected chi connectivity index (χ2v) is 13.5. The van der Waals surface area contributed by atoms with Crippen LogP contribution >= 0.6 is 7.82 Å². The quantitative estimate of drug-likeness (QED) is 0.0975. The largest absolute Gasteiger partial charge is 0.472 e. The van der Waals surface area contributed by atoms with Crippen LogP contribution < -0.4 is 0 Å². The fourth-order valence-corrected chi connectivity index (χ4v) is 4.76. The molecule has 0 saturated carbocycles. The lowest BCUT2D eigenvalue weighted by molar-refractivity contribution is -0.472. The van der Waals surface area contributed by atoms with Crippen LogP contribution in [0.4, 0.5) is 167 Å². The molecule has 0 aromatic carbocycles. The summed E-state index contributed by atoms with van der Waals surface area (Å²) in [4.78, 5) is 9.01. The van der Waals surface area contributed by atoms with Crippen LogP contribution in [-0.2, 0) is 13.6 Å². The van der Waals surface area contributed by atoms with Crippen molar-refractivity contribution in [2.24, 2.45) is 0 Å². The Kier molecular flexibility index (Phi) is 15.6. The van der Waals surface area contributed by atoms with Crippen LogP contribution in [0.1, 0.15) is 12.8 Å². The van der Waals surface area contributed by atoms with Crippen molar-refractivity contribution in [3.05, 3.63) is 0 Å². The topological polar surface area (TPSA) is 55.8 Å². The van der Waals surface area contributed by atoms with Gasteiger partial charge in [-0.3, -0.25) is 9.05 Å². The Hall–Kier alpha value is -2.55. The molecule has 4 nitrogen and oxygen atoms in total. The highest BCUT2D eigenvalue weighted by Crippen LogP contribution is 2.69. The molecule has 43 heteroatoms. The van der Waals surface area contributed by atoms with E-state index in [0.29, 0.717) is 0 Å². The standard InChI is InChI=1S/C22H9F38O4P/c23-5(24,9(29,30)13(37,38)17(45,46)15(41,42)11(33,34)7(27,19(49,50)51)20(52,53)54)1-3-63-65(61,62)64-4-2-6(25,26)10(31,32)14(39,40)18(47,48)16(43,44)12(35,36)8(28,21(55,56)57)22(58,59)60/h1-4H2,(H,61,62). The van der Waals surface area contributed by atoms with E-state index < -0.39 is 141 Å². The van der Waals surface area contributed by atoms with Crippen molar-refractivity contribution < 1.29 is 185 Å². The number of hydrogen-bond acceptors (Lipinski definition) is 3. The van der Waals surface area contributed by atoms with Crippen LogP contribution in [-0.4, -0.2) is 125 Å². The number of phosphoric acid groups is 1. The summed E-state index contributed by atoms with van der Waals surface area (Å²) < 4.78 is 526. The van der Waals surface area contributed by atoms with E-state index in [4.69, 9.17) is 4.89 Å². The first-order chi connectivity index (χ1) is 27.4. The number of halogens is 38. The third kappa shape index (κ3) is 8.76. The zero-order chi connectivity index (χ0) is 53.7. The van der Waals surface area contributed by atoms with Gasteiger partial charge in [0.1, 0.15) is 0 Å². The van der Waals surface area contributed by atoms with Crippen LogP contribution in [0.5, 0.6) is 0 Å². The highest BCUT2D eigenvalue weighted by molar-refractivity contribution is 7.47. The monoisotopic (exact) mass is 1090 g/mol. The van der Waals surface area contributed by atoms with Crippen molar-refractivity contribution in [3.63, 3.8) is 0 Å². The van der Waals surface area contributed by atoms with Gasteiger partial charge in [-0.1, -0.05) is 0 Å². The van der Waals surface area contributed by atoms with E-state index in [-0.39, 0.29) is 0 Å². The molecule has 0 rings (SSSR count). The lowest BCUT2D eigenvalue weighted by atomic mass is 9.83. The zero-order valence-electron chi connectivity index (χ0n) is 28.3. The highest BCUT2D eigenvalue weighted by atomic mass is 31.2. The van der Waals surface area contributed by atoms with Crippen LogP contribution in [0, 0.1) is 0 Å². The molecule has 65 heavy (non-hydrogen) atoms. The molecule has 0 atom stereocenters. The molecule has 0 bridgehead atoms. The summed E-state index contributed by atoms with van der Waals surface area (Å²) in [6.45, 7) is -6.52. The minimum atomic E-state index is -9.51. The third-order valence-electron chi connectivity index (χ3n) is 7.84. The van der Waals surface area contributed by atoms with Gasteiger partial charge in [0.25, 0.3) is 0 Å². The first kappa shape index (κ1) is 62.4. The number of phosphoric ester groups is 1. The van der Waals surface area contributed by atoms with Crippen molar-refractivity contribution >= 4 is 7.82 Å². The molecule has 0 fully saturated rings. The molecule has 0 heterocycles. The fraction of sp³-hybridized carbons (Fsp3) is 1.00. The maximum atomic E-state index is 13.9. The Balaban J connectivity index is 6.55. The van der Waals surface area contributed by atoms with E-state index in [1.54, 1.807) is 0 Å². The average Bonchev–Trinajstić information content (AvgIpc) is 3.03. The van der Waals surface area contributed by atoms with E-state index in [0.717, 1.165) is 0 Å². The van der Waals surface area contributed by atoms with Gasteiger partial charge in [0, 0.05) is 12.8 Å². The van der Waals surface area contributed by atoms with Gasteiger partial charge in [-0.05, 0) is 0 Å². The van der Waals surface area contributed by atoms with E-state index in [2.05, 4.69) is 9.05 Å². The average molecular weight is 1090 g/mol. The summed E-state index contributed by atoms with van der Waals surface area (Å²) in [7, 11) is -7.09. The molecule has 0 aromatic heterocycles. The molecular formula is C22H9F38O4P.